The Hall–Kier alpha value is -3.43. The van der Waals surface area contributed by atoms with Crippen molar-refractivity contribution >= 4 is 45.5 Å². The summed E-state index contributed by atoms with van der Waals surface area (Å²) in [7, 11) is 0. The standard InChI is InChI=1S/C27H23FN8O3S2/c1-12-19(41-20(32-12)13(2)37)16-9-40-23(33-16)34-18-4-3-14(6-29-18)21(38)36(39)11-24-5-17(24)27(24)25(10-26(25,27)36)35-22-30-7-15(28)8-31-22/h3-4,6-9,13,17,37H,5,10-11H2,1-2H3,(H,29,33,34)(H,30,31,35)/t13?,17?,24-,25+,26?,27?,36?/m1/s1. The molecule has 3 spiro atoms. The quantitative estimate of drug-likeness (QED) is 0.211. The Morgan fingerprint density at radius 1 is 1.24 bits per heavy atom. The molecule has 5 heterocycles. The van der Waals surface area contributed by atoms with E-state index in [1.807, 2.05) is 12.3 Å². The lowest BCUT2D eigenvalue weighted by Gasteiger charge is -2.41. The maximum absolute atomic E-state index is 14.4. The molecule has 1 aliphatic heterocycles. The molecule has 14 heteroatoms. The van der Waals surface area contributed by atoms with Gasteiger partial charge in [0.2, 0.25) is 5.95 Å². The molecule has 0 radical (unpaired) electrons. The van der Waals surface area contributed by atoms with E-state index in [2.05, 4.69) is 35.6 Å². The van der Waals surface area contributed by atoms with Gasteiger partial charge >= 0.3 is 5.91 Å². The van der Waals surface area contributed by atoms with Gasteiger partial charge in [-0.3, -0.25) is 4.65 Å². The summed E-state index contributed by atoms with van der Waals surface area (Å²) in [6.45, 7) is 3.88. The van der Waals surface area contributed by atoms with Gasteiger partial charge in [-0.15, -0.1) is 22.7 Å². The monoisotopic (exact) mass is 590 g/mol. The number of hydrogen-bond donors (Lipinski definition) is 3. The normalized spacial score (nSPS) is 36.9. The van der Waals surface area contributed by atoms with Crippen LogP contribution >= 0.6 is 22.7 Å². The van der Waals surface area contributed by atoms with Gasteiger partial charge in [0.1, 0.15) is 28.0 Å². The molecular weight excluding hydrogens is 567 g/mol. The minimum absolute atomic E-state index is 0.0699. The van der Waals surface area contributed by atoms with Gasteiger partial charge in [-0.2, -0.15) is 0 Å². The second kappa shape index (κ2) is 7.13. The maximum atomic E-state index is 14.4. The van der Waals surface area contributed by atoms with Gasteiger partial charge < -0.3 is 20.9 Å². The highest BCUT2D eigenvalue weighted by Crippen LogP contribution is 3.16. The van der Waals surface area contributed by atoms with Crippen molar-refractivity contribution in [3.8, 4) is 10.6 Å². The predicted molar refractivity (Wildman–Crippen MR) is 148 cm³/mol. The molecule has 5 unspecified atom stereocenters. The fourth-order valence-electron chi connectivity index (χ4n) is 8.61. The van der Waals surface area contributed by atoms with E-state index in [9.17, 15) is 19.5 Å². The minimum Gasteiger partial charge on any atom is -0.624 e. The zero-order valence-electron chi connectivity index (χ0n) is 21.9. The van der Waals surface area contributed by atoms with E-state index >= 15 is 0 Å². The van der Waals surface area contributed by atoms with E-state index in [1.165, 1.54) is 28.9 Å². The second-order valence-corrected chi connectivity index (χ2v) is 13.8. The summed E-state index contributed by atoms with van der Waals surface area (Å²) < 4.78 is 12.4. The largest absolute Gasteiger partial charge is 0.624 e. The maximum Gasteiger partial charge on any atom is 0.347 e. The number of hydroxylamine groups is 3. The lowest BCUT2D eigenvalue weighted by Crippen LogP contribution is -2.53. The Labute approximate surface area is 240 Å². The number of halogens is 1. The summed E-state index contributed by atoms with van der Waals surface area (Å²) in [6, 6.07) is 3.33. The van der Waals surface area contributed by atoms with Crippen molar-refractivity contribution in [2.24, 2.45) is 16.7 Å². The Morgan fingerprint density at radius 3 is 2.73 bits per heavy atom. The first-order valence-electron chi connectivity index (χ1n) is 13.4. The number of hydrogen-bond acceptors (Lipinski definition) is 12. The zero-order valence-corrected chi connectivity index (χ0v) is 23.5. The summed E-state index contributed by atoms with van der Waals surface area (Å²) in [5, 5.41) is 34.0. The zero-order chi connectivity index (χ0) is 28.2. The molecule has 9 rings (SSSR count). The molecule has 1 amide bonds. The van der Waals surface area contributed by atoms with E-state index in [0.717, 1.165) is 35.1 Å². The van der Waals surface area contributed by atoms with E-state index < -0.39 is 33.6 Å². The number of thiazole rings is 2. The number of amides is 1. The molecule has 4 aromatic rings. The lowest BCUT2D eigenvalue weighted by molar-refractivity contribution is -0.821. The summed E-state index contributed by atoms with van der Waals surface area (Å²) >= 11 is 2.83. The fraction of sp³-hybridized carbons (Fsp3) is 0.407. The third-order valence-electron chi connectivity index (χ3n) is 10.2. The van der Waals surface area contributed by atoms with Crippen molar-refractivity contribution in [3.05, 3.63) is 63.4 Å². The van der Waals surface area contributed by atoms with Gasteiger partial charge in [-0.05, 0) is 38.3 Å². The number of carbonyl (C=O) groups excluding carboxylic acids is 1. The van der Waals surface area contributed by atoms with E-state index in [-0.39, 0.29) is 16.4 Å². The Kier molecular flexibility index (Phi) is 4.21. The third kappa shape index (κ3) is 2.56. The molecule has 41 heavy (non-hydrogen) atoms. The average Bonchev–Trinajstić information content (AvgIpc) is 3.87. The van der Waals surface area contributed by atoms with Crippen LogP contribution in [-0.4, -0.2) is 58.2 Å². The molecule has 1 saturated heterocycles. The second-order valence-electron chi connectivity index (χ2n) is 12.0. The van der Waals surface area contributed by atoms with Crippen molar-refractivity contribution in [3.63, 3.8) is 0 Å². The SMILES string of the molecule is Cc1nc(C(C)O)sc1-c1csc(Nc2ccc(C(=O)[N+]3([O-])C[C@]45CC4C54C35C[C@@]45Nc3ncc(F)cn3)cn2)n1. The van der Waals surface area contributed by atoms with Crippen LogP contribution in [-0.2, 0) is 0 Å². The number of anilines is 3. The van der Waals surface area contributed by atoms with Crippen LogP contribution in [0.2, 0.25) is 0 Å². The predicted octanol–water partition coefficient (Wildman–Crippen LogP) is 4.18. The average molecular weight is 591 g/mol. The first kappa shape index (κ1) is 24.2. The molecule has 5 aliphatic rings. The number of likely N-dealkylation sites (tertiary alicyclic amines) is 1. The number of rotatable bonds is 7. The number of aliphatic hydroxyl groups is 1. The Bertz CT molecular complexity index is 1810. The van der Waals surface area contributed by atoms with Crippen LogP contribution in [0.1, 0.15) is 46.9 Å². The highest BCUT2D eigenvalue weighted by Gasteiger charge is 3.28. The topological polar surface area (TPSA) is 149 Å². The highest BCUT2D eigenvalue weighted by molar-refractivity contribution is 7.17. The highest BCUT2D eigenvalue weighted by atomic mass is 32.1. The molecule has 5 fully saturated rings. The van der Waals surface area contributed by atoms with Crippen LogP contribution in [0.3, 0.4) is 0 Å². The van der Waals surface area contributed by atoms with Gasteiger partial charge in [-0.25, -0.2) is 34.1 Å². The molecule has 4 aliphatic carbocycles. The van der Waals surface area contributed by atoms with Gasteiger partial charge in [-0.1, -0.05) is 0 Å². The van der Waals surface area contributed by atoms with Crippen LogP contribution in [0, 0.1) is 34.7 Å². The molecule has 0 aromatic carbocycles. The van der Waals surface area contributed by atoms with Gasteiger partial charge in [0.25, 0.3) is 0 Å². The van der Waals surface area contributed by atoms with Crippen LogP contribution < -0.4 is 10.6 Å². The molecule has 3 N–H and O–H groups in total. The molecule has 7 atom stereocenters. The summed E-state index contributed by atoms with van der Waals surface area (Å²) in [4.78, 5) is 36.2. The number of aliphatic hydroxyl groups excluding tert-OH is 1. The van der Waals surface area contributed by atoms with Crippen LogP contribution in [0.25, 0.3) is 10.6 Å². The van der Waals surface area contributed by atoms with E-state index in [1.54, 1.807) is 19.1 Å². The van der Waals surface area contributed by atoms with Gasteiger partial charge in [0.05, 0.1) is 46.2 Å². The van der Waals surface area contributed by atoms with Crippen LogP contribution in [0.5, 0.6) is 0 Å². The number of aromatic nitrogens is 5. The number of nitrogens with one attached hydrogen (secondary N) is 2. The van der Waals surface area contributed by atoms with E-state index in [0.29, 0.717) is 40.8 Å². The van der Waals surface area contributed by atoms with Crippen LogP contribution in [0.4, 0.5) is 21.3 Å². The number of aryl methyl sites for hydroxylation is 1. The smallest absolute Gasteiger partial charge is 0.347 e. The molecule has 11 nitrogen and oxygen atoms in total. The number of quaternary nitrogens is 1. The fourth-order valence-corrected chi connectivity index (χ4v) is 10.4. The van der Waals surface area contributed by atoms with Gasteiger partial charge in [0.15, 0.2) is 10.9 Å². The lowest BCUT2D eigenvalue weighted by atomic mass is 9.91. The Balaban J connectivity index is 0.938. The van der Waals surface area contributed by atoms with Crippen molar-refractivity contribution in [1.29, 1.82) is 0 Å². The summed E-state index contributed by atoms with van der Waals surface area (Å²) in [6.07, 6.45) is 4.60. The summed E-state index contributed by atoms with van der Waals surface area (Å²) in [5.41, 5.74) is 0.438. The molecule has 0 bridgehead atoms. The number of pyridine rings is 1. The van der Waals surface area contributed by atoms with Crippen LogP contribution in [0.15, 0.2) is 36.1 Å². The first-order chi connectivity index (χ1) is 19.6. The minimum atomic E-state index is -0.884. The number of piperidine rings is 2. The van der Waals surface area contributed by atoms with Crippen molar-refractivity contribution in [2.45, 2.75) is 43.9 Å². The van der Waals surface area contributed by atoms with Crippen molar-refractivity contribution in [2.75, 3.05) is 17.2 Å². The summed E-state index contributed by atoms with van der Waals surface area (Å²) in [5.74, 6) is 0.286. The molecular formula is C27H23FN8O3S2. The first-order valence-corrected chi connectivity index (χ1v) is 15.1. The number of nitrogens with zero attached hydrogens (tertiary/aromatic N) is 6. The molecule has 208 valence electrons. The van der Waals surface area contributed by atoms with E-state index in [4.69, 9.17) is 0 Å². The van der Waals surface area contributed by atoms with Crippen molar-refractivity contribution < 1.29 is 18.9 Å². The number of carbonyl (C=O) groups is 1. The Morgan fingerprint density at radius 2 is 2.05 bits per heavy atom. The third-order valence-corrected chi connectivity index (χ3v) is 12.3. The van der Waals surface area contributed by atoms with Gasteiger partial charge in [0, 0.05) is 23.4 Å². The van der Waals surface area contributed by atoms with Crippen molar-refractivity contribution in [1.82, 2.24) is 24.9 Å². The molecule has 4 aromatic heterocycles. The molecule has 4 saturated carbocycles.